The zero-order valence-corrected chi connectivity index (χ0v) is 12.0. The molecule has 1 heterocycles. The Morgan fingerprint density at radius 2 is 2.35 bits per heavy atom. The topological polar surface area (TPSA) is 88.2 Å². The van der Waals surface area contributed by atoms with Crippen LogP contribution in [-0.2, 0) is 4.74 Å². The molecule has 2 rings (SSSR count). The fraction of sp³-hybridized carbons (Fsp3) is 0.333. The highest BCUT2D eigenvalue weighted by Crippen LogP contribution is 2.22. The van der Waals surface area contributed by atoms with Crippen molar-refractivity contribution in [2.75, 3.05) is 19.7 Å². The van der Waals surface area contributed by atoms with Crippen LogP contribution in [0.3, 0.4) is 0 Å². The SMILES string of the molecule is N/C(=N/O)C1CN(C(=O)c2cccc(F)c2Br)CCO1. The summed E-state index contributed by atoms with van der Waals surface area (Å²) in [5.74, 6) is -0.937. The number of oxime groups is 1. The molecule has 0 saturated carbocycles. The van der Waals surface area contributed by atoms with Gasteiger partial charge in [0.15, 0.2) is 5.84 Å². The number of carbonyl (C=O) groups excluding carboxylic acids is 1. The Bertz CT molecular complexity index is 553. The fourth-order valence-electron chi connectivity index (χ4n) is 1.92. The highest BCUT2D eigenvalue weighted by Gasteiger charge is 2.28. The van der Waals surface area contributed by atoms with E-state index in [2.05, 4.69) is 21.1 Å². The molecule has 1 amide bonds. The Labute approximate surface area is 123 Å². The van der Waals surface area contributed by atoms with Crippen LogP contribution in [0.4, 0.5) is 4.39 Å². The van der Waals surface area contributed by atoms with Gasteiger partial charge in [0.1, 0.15) is 11.9 Å². The van der Waals surface area contributed by atoms with Crippen LogP contribution in [0, 0.1) is 5.82 Å². The number of ether oxygens (including phenoxy) is 1. The molecule has 1 aliphatic heterocycles. The van der Waals surface area contributed by atoms with Crippen molar-refractivity contribution in [3.63, 3.8) is 0 Å². The second kappa shape index (κ2) is 6.19. The summed E-state index contributed by atoms with van der Waals surface area (Å²) >= 11 is 3.06. The van der Waals surface area contributed by atoms with Gasteiger partial charge in [-0.1, -0.05) is 11.2 Å². The largest absolute Gasteiger partial charge is 0.409 e. The lowest BCUT2D eigenvalue weighted by molar-refractivity contribution is 0.00669. The van der Waals surface area contributed by atoms with Gasteiger partial charge >= 0.3 is 0 Å². The van der Waals surface area contributed by atoms with Crippen molar-refractivity contribution in [3.05, 3.63) is 34.1 Å². The van der Waals surface area contributed by atoms with Crippen molar-refractivity contribution in [1.29, 1.82) is 0 Å². The molecule has 3 N–H and O–H groups in total. The number of morpholine rings is 1. The third-order valence-electron chi connectivity index (χ3n) is 2.98. The van der Waals surface area contributed by atoms with E-state index >= 15 is 0 Å². The normalized spacial score (nSPS) is 20.0. The zero-order valence-electron chi connectivity index (χ0n) is 10.4. The van der Waals surface area contributed by atoms with E-state index < -0.39 is 11.9 Å². The number of carbonyl (C=O) groups is 1. The minimum Gasteiger partial charge on any atom is -0.409 e. The number of nitrogens with zero attached hydrogens (tertiary/aromatic N) is 2. The Morgan fingerprint density at radius 3 is 3.05 bits per heavy atom. The summed E-state index contributed by atoms with van der Waals surface area (Å²) in [5, 5.41) is 11.5. The molecular formula is C12H13BrFN3O3. The number of hydrogen-bond acceptors (Lipinski definition) is 4. The lowest BCUT2D eigenvalue weighted by Gasteiger charge is -2.32. The van der Waals surface area contributed by atoms with Gasteiger partial charge in [0.25, 0.3) is 5.91 Å². The first-order valence-corrected chi connectivity index (χ1v) is 6.66. The predicted octanol–water partition coefficient (Wildman–Crippen LogP) is 1.18. The predicted molar refractivity (Wildman–Crippen MR) is 73.2 cm³/mol. The van der Waals surface area contributed by atoms with Gasteiger partial charge in [0, 0.05) is 6.54 Å². The maximum absolute atomic E-state index is 13.5. The number of amides is 1. The molecule has 0 aromatic heterocycles. The van der Waals surface area contributed by atoms with E-state index in [1.54, 1.807) is 0 Å². The molecule has 1 aliphatic rings. The van der Waals surface area contributed by atoms with Gasteiger partial charge < -0.3 is 20.6 Å². The van der Waals surface area contributed by atoms with E-state index in [-0.39, 0.29) is 34.9 Å². The van der Waals surface area contributed by atoms with E-state index in [0.29, 0.717) is 6.54 Å². The molecule has 0 aliphatic carbocycles. The van der Waals surface area contributed by atoms with Gasteiger partial charge in [-0.2, -0.15) is 0 Å². The summed E-state index contributed by atoms with van der Waals surface area (Å²) < 4.78 is 18.9. The molecule has 1 atom stereocenters. The molecule has 0 radical (unpaired) electrons. The molecule has 1 aromatic rings. The number of halogens is 2. The Morgan fingerprint density at radius 1 is 1.60 bits per heavy atom. The zero-order chi connectivity index (χ0) is 14.7. The molecule has 1 unspecified atom stereocenters. The summed E-state index contributed by atoms with van der Waals surface area (Å²) in [7, 11) is 0. The van der Waals surface area contributed by atoms with Crippen molar-refractivity contribution in [2.24, 2.45) is 10.9 Å². The van der Waals surface area contributed by atoms with Crippen molar-refractivity contribution in [3.8, 4) is 0 Å². The van der Waals surface area contributed by atoms with E-state index in [1.807, 2.05) is 0 Å². The molecule has 20 heavy (non-hydrogen) atoms. The first-order valence-electron chi connectivity index (χ1n) is 5.87. The van der Waals surface area contributed by atoms with Crippen molar-refractivity contribution >= 4 is 27.7 Å². The van der Waals surface area contributed by atoms with E-state index in [4.69, 9.17) is 15.7 Å². The van der Waals surface area contributed by atoms with Crippen LogP contribution in [0.1, 0.15) is 10.4 Å². The molecule has 0 spiro atoms. The lowest BCUT2D eigenvalue weighted by atomic mass is 10.1. The highest BCUT2D eigenvalue weighted by molar-refractivity contribution is 9.10. The van der Waals surface area contributed by atoms with Gasteiger partial charge in [-0.3, -0.25) is 4.79 Å². The standard InChI is InChI=1S/C12H13BrFN3O3/c13-10-7(2-1-3-8(10)14)12(18)17-4-5-20-9(6-17)11(15)16-19/h1-3,9,19H,4-6H2,(H2,15,16). The lowest BCUT2D eigenvalue weighted by Crippen LogP contribution is -2.50. The second-order valence-electron chi connectivity index (χ2n) is 4.24. The van der Waals surface area contributed by atoms with Crippen LogP contribution in [0.2, 0.25) is 0 Å². The van der Waals surface area contributed by atoms with Crippen LogP contribution < -0.4 is 5.73 Å². The third kappa shape index (κ3) is 2.91. The number of nitrogens with two attached hydrogens (primary N) is 1. The first-order chi connectivity index (χ1) is 9.54. The molecule has 1 fully saturated rings. The monoisotopic (exact) mass is 345 g/mol. The maximum Gasteiger partial charge on any atom is 0.255 e. The van der Waals surface area contributed by atoms with E-state index in [9.17, 15) is 9.18 Å². The van der Waals surface area contributed by atoms with Crippen LogP contribution in [0.15, 0.2) is 27.8 Å². The minimum absolute atomic E-state index is 0.0965. The maximum atomic E-state index is 13.5. The molecule has 8 heteroatoms. The average Bonchev–Trinajstić information content (AvgIpc) is 2.48. The van der Waals surface area contributed by atoms with Crippen LogP contribution in [0.25, 0.3) is 0 Å². The van der Waals surface area contributed by atoms with Gasteiger partial charge in [0.2, 0.25) is 0 Å². The van der Waals surface area contributed by atoms with Crippen molar-refractivity contribution < 1.29 is 19.1 Å². The van der Waals surface area contributed by atoms with Gasteiger partial charge in [-0.15, -0.1) is 0 Å². The number of benzene rings is 1. The fourth-order valence-corrected chi connectivity index (χ4v) is 2.35. The summed E-state index contributed by atoms with van der Waals surface area (Å²) in [6.45, 7) is 0.772. The summed E-state index contributed by atoms with van der Waals surface area (Å²) in [5.41, 5.74) is 5.70. The quantitative estimate of drug-likeness (QED) is 0.364. The molecule has 108 valence electrons. The van der Waals surface area contributed by atoms with Crippen molar-refractivity contribution in [1.82, 2.24) is 4.90 Å². The van der Waals surface area contributed by atoms with Crippen LogP contribution in [-0.4, -0.2) is 47.7 Å². The minimum atomic E-state index is -0.662. The van der Waals surface area contributed by atoms with Crippen LogP contribution >= 0.6 is 15.9 Å². The second-order valence-corrected chi connectivity index (χ2v) is 5.03. The Balaban J connectivity index is 2.19. The number of rotatable bonds is 2. The molecule has 1 aromatic carbocycles. The highest BCUT2D eigenvalue weighted by atomic mass is 79.9. The smallest absolute Gasteiger partial charge is 0.255 e. The number of amidine groups is 1. The molecule has 6 nitrogen and oxygen atoms in total. The summed E-state index contributed by atoms with van der Waals surface area (Å²) in [4.78, 5) is 13.8. The Hall–Kier alpha value is -1.67. The van der Waals surface area contributed by atoms with Gasteiger partial charge in [-0.05, 0) is 28.1 Å². The number of hydrogen-bond donors (Lipinski definition) is 2. The summed E-state index contributed by atoms with van der Waals surface area (Å²) in [6, 6.07) is 4.26. The summed E-state index contributed by atoms with van der Waals surface area (Å²) in [6.07, 6.45) is -0.662. The van der Waals surface area contributed by atoms with Gasteiger partial charge in [-0.25, -0.2) is 4.39 Å². The average molecular weight is 346 g/mol. The van der Waals surface area contributed by atoms with Gasteiger partial charge in [0.05, 0.1) is 23.2 Å². The van der Waals surface area contributed by atoms with E-state index in [0.717, 1.165) is 0 Å². The van der Waals surface area contributed by atoms with E-state index in [1.165, 1.54) is 23.1 Å². The molecule has 1 saturated heterocycles. The Kier molecular flexibility index (Phi) is 4.56. The third-order valence-corrected chi connectivity index (χ3v) is 3.79. The first kappa shape index (κ1) is 14.7. The van der Waals surface area contributed by atoms with Crippen LogP contribution in [0.5, 0.6) is 0 Å². The molecular weight excluding hydrogens is 333 g/mol. The molecule has 0 bridgehead atoms. The van der Waals surface area contributed by atoms with Crippen molar-refractivity contribution in [2.45, 2.75) is 6.10 Å².